The van der Waals surface area contributed by atoms with Crippen LogP contribution in [0.3, 0.4) is 0 Å². The first-order chi connectivity index (χ1) is 15.6. The summed E-state index contributed by atoms with van der Waals surface area (Å²) in [5.41, 5.74) is 1.00. The Kier molecular flexibility index (Phi) is 9.37. The quantitative estimate of drug-likeness (QED) is 0.274. The summed E-state index contributed by atoms with van der Waals surface area (Å²) < 4.78 is 19.2. The molecule has 0 bridgehead atoms. The van der Waals surface area contributed by atoms with Crippen molar-refractivity contribution < 1.29 is 19.0 Å². The number of rotatable bonds is 11. The fourth-order valence-corrected chi connectivity index (χ4v) is 5.43. The van der Waals surface area contributed by atoms with Gasteiger partial charge in [0.1, 0.15) is 5.75 Å². The number of thiazole rings is 1. The van der Waals surface area contributed by atoms with Crippen LogP contribution in [-0.4, -0.2) is 49.6 Å². The molecule has 172 valence electrons. The Morgan fingerprint density at radius 1 is 1.03 bits per heavy atom. The second-order valence-electron chi connectivity index (χ2n) is 6.84. The van der Waals surface area contributed by atoms with Gasteiger partial charge in [0.25, 0.3) is 0 Å². The molecule has 0 atom stereocenters. The van der Waals surface area contributed by atoms with Crippen LogP contribution in [0.1, 0.15) is 12.8 Å². The maximum absolute atomic E-state index is 12.6. The highest BCUT2D eigenvalue weighted by atomic mass is 32.2. The zero-order valence-corrected chi connectivity index (χ0v) is 21.2. The predicted octanol–water partition coefficient (Wildman–Crippen LogP) is 5.09. The molecular formula is C23H28N2O4S3. The molecule has 0 saturated heterocycles. The van der Waals surface area contributed by atoms with Crippen molar-refractivity contribution in [3.63, 3.8) is 0 Å². The van der Waals surface area contributed by atoms with Gasteiger partial charge in [0.15, 0.2) is 16.3 Å². The summed E-state index contributed by atoms with van der Waals surface area (Å²) in [5, 5.41) is 0. The molecule has 3 rings (SSSR count). The molecule has 0 N–H and O–H groups in total. The smallest absolute Gasteiger partial charge is 0.248 e. The number of aryl methyl sites for hydroxylation is 1. The largest absolute Gasteiger partial charge is 0.497 e. The van der Waals surface area contributed by atoms with Crippen molar-refractivity contribution in [1.29, 1.82) is 0 Å². The molecule has 0 spiro atoms. The third kappa shape index (κ3) is 6.24. The van der Waals surface area contributed by atoms with Gasteiger partial charge < -0.3 is 18.8 Å². The molecular weight excluding hydrogens is 464 g/mol. The van der Waals surface area contributed by atoms with E-state index >= 15 is 0 Å². The van der Waals surface area contributed by atoms with E-state index in [9.17, 15) is 4.79 Å². The third-order valence-electron chi connectivity index (χ3n) is 4.79. The van der Waals surface area contributed by atoms with Crippen molar-refractivity contribution in [2.75, 3.05) is 39.1 Å². The highest BCUT2D eigenvalue weighted by Gasteiger charge is 2.13. The van der Waals surface area contributed by atoms with Crippen LogP contribution in [0, 0.1) is 0 Å². The minimum absolute atomic E-state index is 0.0938. The van der Waals surface area contributed by atoms with Crippen LogP contribution < -0.4 is 19.0 Å². The van der Waals surface area contributed by atoms with E-state index in [0.29, 0.717) is 17.9 Å². The molecule has 1 amide bonds. The maximum atomic E-state index is 12.6. The summed E-state index contributed by atoms with van der Waals surface area (Å²) in [6.45, 7) is 0.774. The van der Waals surface area contributed by atoms with Gasteiger partial charge in [-0.2, -0.15) is 16.8 Å². The van der Waals surface area contributed by atoms with Gasteiger partial charge in [0.2, 0.25) is 5.91 Å². The zero-order chi connectivity index (χ0) is 22.9. The Labute approximate surface area is 201 Å². The van der Waals surface area contributed by atoms with Crippen molar-refractivity contribution in [3.8, 4) is 17.2 Å². The van der Waals surface area contributed by atoms with Crippen LogP contribution >= 0.6 is 34.9 Å². The molecule has 0 saturated carbocycles. The molecule has 1 aromatic heterocycles. The number of hydrogen-bond acceptors (Lipinski definition) is 7. The zero-order valence-electron chi connectivity index (χ0n) is 18.8. The van der Waals surface area contributed by atoms with E-state index in [4.69, 9.17) is 14.2 Å². The van der Waals surface area contributed by atoms with E-state index in [1.807, 2.05) is 36.4 Å². The van der Waals surface area contributed by atoms with Crippen molar-refractivity contribution in [2.24, 2.45) is 4.99 Å². The minimum atomic E-state index is -0.0938. The number of ether oxygens (including phenoxy) is 3. The number of carbonyl (C=O) groups is 1. The highest BCUT2D eigenvalue weighted by molar-refractivity contribution is 7.99. The average molecular weight is 493 g/mol. The van der Waals surface area contributed by atoms with E-state index in [-0.39, 0.29) is 5.91 Å². The molecule has 0 aliphatic rings. The van der Waals surface area contributed by atoms with Gasteiger partial charge in [-0.05, 0) is 42.7 Å². The number of aromatic nitrogens is 1. The first-order valence-corrected chi connectivity index (χ1v) is 13.4. The van der Waals surface area contributed by atoms with Gasteiger partial charge in [-0.25, -0.2) is 0 Å². The Morgan fingerprint density at radius 3 is 2.41 bits per heavy atom. The molecule has 2 aromatic carbocycles. The Morgan fingerprint density at radius 2 is 1.75 bits per heavy atom. The first-order valence-electron chi connectivity index (χ1n) is 10.2. The number of hydrogen-bond donors (Lipinski definition) is 0. The molecule has 0 fully saturated rings. The lowest BCUT2D eigenvalue weighted by molar-refractivity contribution is -0.118. The monoisotopic (exact) mass is 492 g/mol. The topological polar surface area (TPSA) is 62.1 Å². The summed E-state index contributed by atoms with van der Waals surface area (Å²) in [5.74, 6) is 3.89. The van der Waals surface area contributed by atoms with Crippen LogP contribution in [-0.2, 0) is 11.3 Å². The Balaban J connectivity index is 1.72. The van der Waals surface area contributed by atoms with E-state index < -0.39 is 0 Å². The van der Waals surface area contributed by atoms with E-state index in [1.54, 1.807) is 44.9 Å². The van der Waals surface area contributed by atoms with Crippen molar-refractivity contribution in [3.05, 3.63) is 41.2 Å². The molecule has 1 heterocycles. The number of benzene rings is 2. The minimum Gasteiger partial charge on any atom is -0.497 e. The maximum Gasteiger partial charge on any atom is 0.248 e. The number of methoxy groups -OCH3 is 3. The van der Waals surface area contributed by atoms with Crippen molar-refractivity contribution in [2.45, 2.75) is 24.3 Å². The van der Waals surface area contributed by atoms with Gasteiger partial charge in [0.05, 0.1) is 31.5 Å². The van der Waals surface area contributed by atoms with Crippen LogP contribution in [0.4, 0.5) is 0 Å². The summed E-state index contributed by atoms with van der Waals surface area (Å²) in [4.78, 5) is 18.9. The van der Waals surface area contributed by atoms with Gasteiger partial charge in [-0.3, -0.25) is 4.79 Å². The number of carbonyl (C=O) groups excluding carboxylic acids is 1. The molecule has 0 unspecified atom stereocenters. The lowest BCUT2D eigenvalue weighted by Crippen LogP contribution is -2.18. The summed E-state index contributed by atoms with van der Waals surface area (Å²) in [6, 6.07) is 11.9. The summed E-state index contributed by atoms with van der Waals surface area (Å²) in [6.07, 6.45) is 3.27. The second kappa shape index (κ2) is 12.2. The fourth-order valence-electron chi connectivity index (χ4n) is 3.13. The standard InChI is InChI=1S/C23H28N2O4S3/c1-27-16-7-9-17(10-8-16)31-12-5-6-22(26)24-23-25(11-13-30-4)18-14-19(28-2)20(29-3)15-21(18)32-23/h7-10,14-15H,5-6,11-13H2,1-4H3. The second-order valence-corrected chi connectivity index (χ2v) is 10.0. The molecule has 0 radical (unpaired) electrons. The van der Waals surface area contributed by atoms with Crippen LogP contribution in [0.15, 0.2) is 46.3 Å². The van der Waals surface area contributed by atoms with Crippen LogP contribution in [0.2, 0.25) is 0 Å². The first kappa shape index (κ1) is 24.5. The lowest BCUT2D eigenvalue weighted by atomic mass is 10.3. The van der Waals surface area contributed by atoms with Crippen LogP contribution in [0.5, 0.6) is 17.2 Å². The van der Waals surface area contributed by atoms with Gasteiger partial charge in [-0.15, -0.1) is 11.8 Å². The molecule has 9 heteroatoms. The van der Waals surface area contributed by atoms with Crippen LogP contribution in [0.25, 0.3) is 10.2 Å². The van der Waals surface area contributed by atoms with E-state index in [1.165, 1.54) is 11.3 Å². The highest BCUT2D eigenvalue weighted by Crippen LogP contribution is 2.33. The third-order valence-corrected chi connectivity index (χ3v) is 7.52. The molecule has 0 aliphatic heterocycles. The lowest BCUT2D eigenvalue weighted by Gasteiger charge is -2.09. The SMILES string of the molecule is COc1ccc(SCCCC(=O)N=c2sc3cc(OC)c(OC)cc3n2CCSC)cc1. The Hall–Kier alpha value is -2.10. The number of thioether (sulfide) groups is 2. The fraction of sp³-hybridized carbons (Fsp3) is 0.391. The number of nitrogens with zero attached hydrogens (tertiary/aromatic N) is 2. The van der Waals surface area contributed by atoms with Crippen molar-refractivity contribution in [1.82, 2.24) is 4.57 Å². The van der Waals surface area contributed by atoms with Gasteiger partial charge in [0, 0.05) is 35.7 Å². The molecule has 0 aliphatic carbocycles. The number of fused-ring (bicyclic) bond motifs is 1. The van der Waals surface area contributed by atoms with E-state index in [2.05, 4.69) is 15.8 Å². The normalized spacial score (nSPS) is 11.7. The number of amides is 1. The summed E-state index contributed by atoms with van der Waals surface area (Å²) in [7, 11) is 4.91. The average Bonchev–Trinajstić information content (AvgIpc) is 3.15. The molecule has 32 heavy (non-hydrogen) atoms. The predicted molar refractivity (Wildman–Crippen MR) is 135 cm³/mol. The van der Waals surface area contributed by atoms with Gasteiger partial charge in [-0.1, -0.05) is 11.3 Å². The Bertz CT molecular complexity index is 1110. The molecule has 6 nitrogen and oxygen atoms in total. The van der Waals surface area contributed by atoms with Crippen molar-refractivity contribution >= 4 is 51.0 Å². The van der Waals surface area contributed by atoms with Gasteiger partial charge >= 0.3 is 0 Å². The molecule has 3 aromatic rings. The van der Waals surface area contributed by atoms with E-state index in [0.717, 1.165) is 50.1 Å². The summed E-state index contributed by atoms with van der Waals surface area (Å²) >= 11 is 5.00.